The van der Waals surface area contributed by atoms with Crippen LogP contribution in [0.15, 0.2) is 69.0 Å². The molecule has 0 aliphatic heterocycles. The number of nitrogens with zero attached hydrogens (tertiary/aromatic N) is 1. The SMILES string of the molecule is CCOc1ccc(NC(Nc2ccc(OCC)cc2)=C(/C(Cl)=C(\Cl)Br)[N+](=O)[O-])cc1. The second kappa shape index (κ2) is 11.7. The third kappa shape index (κ3) is 6.83. The first-order valence-electron chi connectivity index (χ1n) is 8.95. The van der Waals surface area contributed by atoms with Gasteiger partial charge in [-0.3, -0.25) is 10.1 Å². The molecule has 0 saturated heterocycles. The van der Waals surface area contributed by atoms with Gasteiger partial charge in [-0.2, -0.15) is 0 Å². The minimum Gasteiger partial charge on any atom is -0.494 e. The van der Waals surface area contributed by atoms with Crippen LogP contribution in [-0.2, 0) is 0 Å². The van der Waals surface area contributed by atoms with Gasteiger partial charge in [-0.1, -0.05) is 23.2 Å². The average molecular weight is 517 g/mol. The molecule has 0 radical (unpaired) electrons. The van der Waals surface area contributed by atoms with E-state index in [1.54, 1.807) is 48.5 Å². The zero-order chi connectivity index (χ0) is 22.1. The first kappa shape index (κ1) is 23.9. The van der Waals surface area contributed by atoms with E-state index in [4.69, 9.17) is 32.7 Å². The Hall–Kier alpha value is -2.42. The average Bonchev–Trinajstić information content (AvgIpc) is 2.71. The van der Waals surface area contributed by atoms with E-state index in [0.29, 0.717) is 36.1 Å². The van der Waals surface area contributed by atoms with E-state index < -0.39 is 10.6 Å². The van der Waals surface area contributed by atoms with Crippen molar-refractivity contribution >= 4 is 50.5 Å². The topological polar surface area (TPSA) is 85.7 Å². The molecule has 0 saturated carbocycles. The number of rotatable bonds is 10. The lowest BCUT2D eigenvalue weighted by Crippen LogP contribution is -2.17. The van der Waals surface area contributed by atoms with E-state index in [-0.39, 0.29) is 14.8 Å². The van der Waals surface area contributed by atoms with Crippen molar-refractivity contribution in [3.05, 3.63) is 79.1 Å². The summed E-state index contributed by atoms with van der Waals surface area (Å²) in [5.41, 5.74) is 0.740. The molecule has 0 amide bonds. The molecule has 0 bridgehead atoms. The Labute approximate surface area is 192 Å². The van der Waals surface area contributed by atoms with Crippen LogP contribution in [0.4, 0.5) is 11.4 Å². The third-order valence-corrected chi connectivity index (χ3v) is 4.94. The lowest BCUT2D eigenvalue weighted by atomic mass is 10.2. The summed E-state index contributed by atoms with van der Waals surface area (Å²) in [6.45, 7) is 4.84. The van der Waals surface area contributed by atoms with Crippen LogP contribution in [0.25, 0.3) is 0 Å². The molecule has 2 N–H and O–H groups in total. The number of nitrogens with one attached hydrogen (secondary N) is 2. The summed E-state index contributed by atoms with van der Waals surface area (Å²) in [4.78, 5) is 11.2. The van der Waals surface area contributed by atoms with Gasteiger partial charge in [0.2, 0.25) is 0 Å². The van der Waals surface area contributed by atoms with Gasteiger partial charge in [-0.15, -0.1) is 0 Å². The van der Waals surface area contributed by atoms with Crippen molar-refractivity contribution in [3.63, 3.8) is 0 Å². The molecule has 0 unspecified atom stereocenters. The van der Waals surface area contributed by atoms with E-state index in [9.17, 15) is 10.1 Å². The van der Waals surface area contributed by atoms with Gasteiger partial charge >= 0.3 is 5.70 Å². The van der Waals surface area contributed by atoms with Gasteiger partial charge in [0, 0.05) is 11.4 Å². The molecule has 2 rings (SSSR count). The highest BCUT2D eigenvalue weighted by atomic mass is 79.9. The summed E-state index contributed by atoms with van der Waals surface area (Å²) in [6.07, 6.45) is 0. The minimum absolute atomic E-state index is 0.0379. The Morgan fingerprint density at radius 2 is 1.33 bits per heavy atom. The van der Waals surface area contributed by atoms with Crippen molar-refractivity contribution in [1.82, 2.24) is 0 Å². The van der Waals surface area contributed by atoms with E-state index >= 15 is 0 Å². The molecule has 160 valence electrons. The molecule has 0 spiro atoms. The van der Waals surface area contributed by atoms with Crippen molar-refractivity contribution in [1.29, 1.82) is 0 Å². The normalized spacial score (nSPS) is 11.2. The van der Waals surface area contributed by atoms with Gasteiger partial charge in [0.15, 0.2) is 5.82 Å². The van der Waals surface area contributed by atoms with E-state index in [1.165, 1.54) is 0 Å². The molecule has 0 aliphatic carbocycles. The monoisotopic (exact) mass is 515 g/mol. The van der Waals surface area contributed by atoms with Crippen LogP contribution < -0.4 is 20.1 Å². The maximum Gasteiger partial charge on any atom is 0.330 e. The van der Waals surface area contributed by atoms with Crippen LogP contribution in [-0.4, -0.2) is 18.1 Å². The number of nitro groups is 1. The second-order valence-corrected chi connectivity index (χ2v) is 7.73. The number of benzene rings is 2. The van der Waals surface area contributed by atoms with Crippen LogP contribution in [0.1, 0.15) is 13.8 Å². The number of hydrogen-bond donors (Lipinski definition) is 2. The standard InChI is InChI=1S/C20H20BrCl2N3O4/c1-3-29-15-9-5-13(6-10-15)24-20(18(26(27)28)17(22)19(21)23)25-14-7-11-16(12-8-14)30-4-2/h5-12,24-25H,3-4H2,1-2H3/b19-17+. The molecule has 30 heavy (non-hydrogen) atoms. The highest BCUT2D eigenvalue weighted by Crippen LogP contribution is 2.30. The summed E-state index contributed by atoms with van der Waals surface area (Å²) in [5.74, 6) is 1.41. The van der Waals surface area contributed by atoms with Crippen molar-refractivity contribution in [2.24, 2.45) is 0 Å². The van der Waals surface area contributed by atoms with Crippen molar-refractivity contribution in [2.45, 2.75) is 13.8 Å². The van der Waals surface area contributed by atoms with Gasteiger partial charge < -0.3 is 20.1 Å². The summed E-state index contributed by atoms with van der Waals surface area (Å²) >= 11 is 15.0. The van der Waals surface area contributed by atoms with Crippen molar-refractivity contribution in [3.8, 4) is 11.5 Å². The van der Waals surface area contributed by atoms with Crippen molar-refractivity contribution in [2.75, 3.05) is 23.8 Å². The van der Waals surface area contributed by atoms with Gasteiger partial charge in [0.25, 0.3) is 0 Å². The second-order valence-electron chi connectivity index (χ2n) is 5.72. The predicted molar refractivity (Wildman–Crippen MR) is 124 cm³/mol. The fourth-order valence-electron chi connectivity index (χ4n) is 2.41. The largest absolute Gasteiger partial charge is 0.494 e. The Bertz CT molecular complexity index is 875. The molecule has 10 heteroatoms. The lowest BCUT2D eigenvalue weighted by Gasteiger charge is -2.15. The molecular weight excluding hydrogens is 497 g/mol. The number of halogens is 3. The van der Waals surface area contributed by atoms with Gasteiger partial charge in [-0.05, 0) is 78.3 Å². The summed E-state index contributed by atoms with van der Waals surface area (Å²) in [6, 6.07) is 13.9. The minimum atomic E-state index is -0.621. The van der Waals surface area contributed by atoms with Gasteiger partial charge in [0.05, 0.1) is 18.1 Å². The Balaban J connectivity index is 2.44. The van der Waals surface area contributed by atoms with Crippen LogP contribution >= 0.6 is 39.1 Å². The molecule has 0 atom stereocenters. The van der Waals surface area contributed by atoms with Gasteiger partial charge in [0.1, 0.15) is 20.5 Å². The summed E-state index contributed by atoms with van der Waals surface area (Å²) in [7, 11) is 0. The first-order chi connectivity index (χ1) is 14.3. The zero-order valence-electron chi connectivity index (χ0n) is 16.2. The molecule has 0 aromatic heterocycles. The van der Waals surface area contributed by atoms with Crippen molar-refractivity contribution < 1.29 is 14.4 Å². The highest BCUT2D eigenvalue weighted by molar-refractivity contribution is 9.12. The quantitative estimate of drug-likeness (QED) is 0.213. The number of allylic oxidation sites excluding steroid dienone is 1. The number of anilines is 2. The van der Waals surface area contributed by atoms with Crippen LogP contribution in [0.2, 0.25) is 0 Å². The van der Waals surface area contributed by atoms with E-state index in [1.807, 2.05) is 13.8 Å². The Morgan fingerprint density at radius 1 is 0.933 bits per heavy atom. The smallest absolute Gasteiger partial charge is 0.330 e. The molecule has 0 fully saturated rings. The van der Waals surface area contributed by atoms with Crippen LogP contribution in [0, 0.1) is 10.1 Å². The maximum atomic E-state index is 11.8. The third-order valence-electron chi connectivity index (χ3n) is 3.66. The molecule has 0 aliphatic rings. The highest BCUT2D eigenvalue weighted by Gasteiger charge is 2.26. The Kier molecular flexibility index (Phi) is 9.29. The molecule has 2 aromatic carbocycles. The Morgan fingerprint density at radius 3 is 1.63 bits per heavy atom. The maximum absolute atomic E-state index is 11.8. The van der Waals surface area contributed by atoms with E-state index in [0.717, 1.165) is 0 Å². The summed E-state index contributed by atoms with van der Waals surface area (Å²) in [5, 5.41) is 17.5. The number of ether oxygens (including phenoxy) is 2. The zero-order valence-corrected chi connectivity index (χ0v) is 19.3. The molecular formula is C20H20BrCl2N3O4. The summed E-state index contributed by atoms with van der Waals surface area (Å²) < 4.78 is 10.8. The van der Waals surface area contributed by atoms with Gasteiger partial charge in [-0.25, -0.2) is 0 Å². The van der Waals surface area contributed by atoms with Crippen LogP contribution in [0.3, 0.4) is 0 Å². The fraction of sp³-hybridized carbons (Fsp3) is 0.200. The van der Waals surface area contributed by atoms with E-state index in [2.05, 4.69) is 26.6 Å². The number of hydrogen-bond acceptors (Lipinski definition) is 6. The first-order valence-corrected chi connectivity index (χ1v) is 10.5. The van der Waals surface area contributed by atoms with Crippen LogP contribution in [0.5, 0.6) is 11.5 Å². The molecule has 0 heterocycles. The molecule has 2 aromatic rings. The lowest BCUT2D eigenvalue weighted by molar-refractivity contribution is -0.420. The molecule has 7 nitrogen and oxygen atoms in total. The fourth-order valence-corrected chi connectivity index (χ4v) is 2.85. The predicted octanol–water partition coefficient (Wildman–Crippen LogP) is 6.50.